The molecule has 36 heavy (non-hydrogen) atoms. The molecule has 5 aromatic carbocycles. The highest BCUT2D eigenvalue weighted by Crippen LogP contribution is 2.42. The Hall–Kier alpha value is -4.07. The Morgan fingerprint density at radius 1 is 0.500 bits per heavy atom. The van der Waals surface area contributed by atoms with Crippen LogP contribution in [0, 0.1) is 6.92 Å². The molecule has 5 rings (SSSR count). The highest BCUT2D eigenvalue weighted by molar-refractivity contribution is 7.85. The van der Waals surface area contributed by atoms with Gasteiger partial charge >= 0.3 is 0 Å². The number of aryl methyl sites for hydroxylation is 1. The van der Waals surface area contributed by atoms with Crippen LogP contribution in [-0.2, 0) is 4.57 Å². The van der Waals surface area contributed by atoms with Crippen molar-refractivity contribution < 1.29 is 14.0 Å². The minimum absolute atomic E-state index is 0.694. The van der Waals surface area contributed by atoms with Crippen molar-refractivity contribution in [2.24, 2.45) is 0 Å². The van der Waals surface area contributed by atoms with Crippen LogP contribution in [0.3, 0.4) is 0 Å². The molecule has 0 spiro atoms. The molecule has 178 valence electrons. The molecule has 0 aliphatic heterocycles. The zero-order chi connectivity index (χ0) is 25.0. The van der Waals surface area contributed by atoms with Gasteiger partial charge < -0.3 is 14.0 Å². The Morgan fingerprint density at radius 2 is 0.917 bits per heavy atom. The molecule has 0 saturated heterocycles. The number of ether oxygens (including phenoxy) is 2. The molecule has 1 atom stereocenters. The Morgan fingerprint density at radius 3 is 1.42 bits per heavy atom. The fourth-order valence-corrected chi connectivity index (χ4v) is 6.82. The lowest BCUT2D eigenvalue weighted by molar-refractivity contribution is 0.415. The van der Waals surface area contributed by atoms with E-state index >= 15 is 0 Å². The van der Waals surface area contributed by atoms with Crippen LogP contribution < -0.4 is 25.4 Å². The van der Waals surface area contributed by atoms with Crippen LogP contribution in [0.2, 0.25) is 0 Å². The molecule has 0 heterocycles. The van der Waals surface area contributed by atoms with Gasteiger partial charge in [-0.2, -0.15) is 0 Å². The molecule has 4 heteroatoms. The summed E-state index contributed by atoms with van der Waals surface area (Å²) < 4.78 is 25.9. The highest BCUT2D eigenvalue weighted by atomic mass is 31.2. The molecule has 0 radical (unpaired) electrons. The van der Waals surface area contributed by atoms with Crippen molar-refractivity contribution in [3.8, 4) is 28.4 Å². The number of hydrogen-bond acceptors (Lipinski definition) is 3. The second-order valence-corrected chi connectivity index (χ2v) is 11.4. The van der Waals surface area contributed by atoms with Crippen molar-refractivity contribution in [3.05, 3.63) is 133 Å². The van der Waals surface area contributed by atoms with Gasteiger partial charge in [0.25, 0.3) is 0 Å². The standard InChI is InChI=1S/C32H27O3P/c1-24-8-20-31(21-9-24)36(33,30-6-4-3-5-7-30)32-22-18-29(19-23-32)35-28-16-12-26(13-17-28)25-10-14-27(34-2)15-11-25/h3-23H,1-2H3. The number of benzene rings is 5. The van der Waals surface area contributed by atoms with Crippen LogP contribution in [0.1, 0.15) is 5.56 Å². The van der Waals surface area contributed by atoms with E-state index in [9.17, 15) is 4.57 Å². The average molecular weight is 491 g/mol. The first-order chi connectivity index (χ1) is 17.6. The van der Waals surface area contributed by atoms with Crippen LogP contribution in [0.15, 0.2) is 127 Å². The summed E-state index contributed by atoms with van der Waals surface area (Å²) in [5, 5.41) is 2.42. The fraction of sp³-hybridized carbons (Fsp3) is 0.0625. The molecule has 0 aromatic heterocycles. The summed E-state index contributed by atoms with van der Waals surface area (Å²) in [6.45, 7) is 2.03. The van der Waals surface area contributed by atoms with Gasteiger partial charge in [-0.05, 0) is 66.6 Å². The van der Waals surface area contributed by atoms with Crippen LogP contribution >= 0.6 is 7.14 Å². The summed E-state index contributed by atoms with van der Waals surface area (Å²) in [6.07, 6.45) is 0. The lowest BCUT2D eigenvalue weighted by Crippen LogP contribution is -2.24. The first-order valence-corrected chi connectivity index (χ1v) is 13.5. The summed E-state index contributed by atoms with van der Waals surface area (Å²) in [5.74, 6) is 2.27. The minimum Gasteiger partial charge on any atom is -0.497 e. The van der Waals surface area contributed by atoms with Gasteiger partial charge in [-0.3, -0.25) is 0 Å². The lowest BCUT2D eigenvalue weighted by Gasteiger charge is -2.20. The lowest BCUT2D eigenvalue weighted by atomic mass is 10.1. The van der Waals surface area contributed by atoms with Gasteiger partial charge in [-0.25, -0.2) is 0 Å². The van der Waals surface area contributed by atoms with Crippen LogP contribution in [0.25, 0.3) is 11.1 Å². The van der Waals surface area contributed by atoms with Gasteiger partial charge in [-0.15, -0.1) is 0 Å². The maximum Gasteiger partial charge on any atom is 0.171 e. The Labute approximate surface area is 212 Å². The van der Waals surface area contributed by atoms with Gasteiger partial charge in [0, 0.05) is 15.9 Å². The van der Waals surface area contributed by atoms with Gasteiger partial charge in [-0.1, -0.05) is 84.4 Å². The summed E-state index contributed by atoms with van der Waals surface area (Å²) in [4.78, 5) is 0. The van der Waals surface area contributed by atoms with Crippen molar-refractivity contribution in [1.82, 2.24) is 0 Å². The largest absolute Gasteiger partial charge is 0.497 e. The molecular formula is C32H27O3P. The molecule has 0 aliphatic rings. The van der Waals surface area contributed by atoms with E-state index in [2.05, 4.69) is 0 Å². The van der Waals surface area contributed by atoms with E-state index in [0.717, 1.165) is 44.1 Å². The van der Waals surface area contributed by atoms with E-state index in [0.29, 0.717) is 5.75 Å². The van der Waals surface area contributed by atoms with Crippen LogP contribution in [-0.4, -0.2) is 7.11 Å². The Balaban J connectivity index is 1.39. The molecule has 3 nitrogen and oxygen atoms in total. The van der Waals surface area contributed by atoms with Crippen molar-refractivity contribution >= 4 is 23.1 Å². The first-order valence-electron chi connectivity index (χ1n) is 11.8. The third-order valence-electron chi connectivity index (χ3n) is 6.23. The quantitative estimate of drug-likeness (QED) is 0.228. The molecular weight excluding hydrogens is 463 g/mol. The van der Waals surface area contributed by atoms with E-state index < -0.39 is 7.14 Å². The predicted octanol–water partition coefficient (Wildman–Crippen LogP) is 7.10. The molecule has 5 aromatic rings. The zero-order valence-electron chi connectivity index (χ0n) is 20.3. The zero-order valence-corrected chi connectivity index (χ0v) is 21.2. The van der Waals surface area contributed by atoms with Gasteiger partial charge in [0.2, 0.25) is 0 Å². The summed E-state index contributed by atoms with van der Waals surface area (Å²) in [7, 11) is -1.35. The van der Waals surface area contributed by atoms with Gasteiger partial charge in [0.15, 0.2) is 7.14 Å². The highest BCUT2D eigenvalue weighted by Gasteiger charge is 2.29. The molecule has 1 unspecified atom stereocenters. The second kappa shape index (κ2) is 10.3. The van der Waals surface area contributed by atoms with Crippen molar-refractivity contribution in [2.45, 2.75) is 6.92 Å². The van der Waals surface area contributed by atoms with E-state index in [1.807, 2.05) is 134 Å². The van der Waals surface area contributed by atoms with Crippen molar-refractivity contribution in [2.75, 3.05) is 7.11 Å². The normalized spacial score (nSPS) is 12.5. The van der Waals surface area contributed by atoms with Gasteiger partial charge in [0.1, 0.15) is 17.2 Å². The summed E-state index contributed by atoms with van der Waals surface area (Å²) >= 11 is 0. The summed E-state index contributed by atoms with van der Waals surface area (Å²) in [6, 6.07) is 41.2. The molecule has 0 N–H and O–H groups in total. The number of rotatable bonds is 7. The molecule has 0 fully saturated rings. The van der Waals surface area contributed by atoms with E-state index in [4.69, 9.17) is 9.47 Å². The van der Waals surface area contributed by atoms with E-state index in [1.165, 1.54) is 0 Å². The Bertz CT molecular complexity index is 1470. The molecule has 0 bridgehead atoms. The number of methoxy groups -OCH3 is 1. The van der Waals surface area contributed by atoms with Gasteiger partial charge in [0.05, 0.1) is 7.11 Å². The molecule has 0 amide bonds. The van der Waals surface area contributed by atoms with E-state index in [1.54, 1.807) is 7.11 Å². The average Bonchev–Trinajstić information content (AvgIpc) is 2.94. The SMILES string of the molecule is COc1ccc(-c2ccc(Oc3ccc(P(=O)(c4ccccc4)c4ccc(C)cc4)cc3)cc2)cc1. The topological polar surface area (TPSA) is 35.5 Å². The molecule has 0 aliphatic carbocycles. The van der Waals surface area contributed by atoms with E-state index in [-0.39, 0.29) is 0 Å². The fourth-order valence-electron chi connectivity index (χ4n) is 4.20. The Kier molecular flexibility index (Phi) is 6.75. The van der Waals surface area contributed by atoms with Crippen molar-refractivity contribution in [1.29, 1.82) is 0 Å². The first kappa shape index (κ1) is 23.7. The third-order valence-corrected chi connectivity index (χ3v) is 9.31. The van der Waals surface area contributed by atoms with Crippen LogP contribution in [0.5, 0.6) is 17.2 Å². The van der Waals surface area contributed by atoms with Crippen molar-refractivity contribution in [3.63, 3.8) is 0 Å². The minimum atomic E-state index is -3.01. The van der Waals surface area contributed by atoms with Crippen LogP contribution in [0.4, 0.5) is 0 Å². The number of hydrogen-bond donors (Lipinski definition) is 0. The maximum absolute atomic E-state index is 14.6. The molecule has 0 saturated carbocycles. The summed E-state index contributed by atoms with van der Waals surface area (Å²) in [5.41, 5.74) is 3.35. The maximum atomic E-state index is 14.6. The monoisotopic (exact) mass is 490 g/mol. The predicted molar refractivity (Wildman–Crippen MR) is 149 cm³/mol. The third kappa shape index (κ3) is 4.84. The second-order valence-electron chi connectivity index (χ2n) is 8.63. The smallest absolute Gasteiger partial charge is 0.171 e.